The average molecular weight is 338 g/mol. The van der Waals surface area contributed by atoms with Gasteiger partial charge in [-0.1, -0.05) is 42.0 Å². The third-order valence-corrected chi connectivity index (χ3v) is 4.16. The maximum atomic E-state index is 12.8. The number of likely N-dealkylation sites (N-methyl/N-ethyl adjacent to an activating group) is 1. The Morgan fingerprint density at radius 1 is 0.960 bits per heavy atom. The molecule has 0 fully saturated rings. The molecule has 4 nitrogen and oxygen atoms in total. The summed E-state index contributed by atoms with van der Waals surface area (Å²) < 4.78 is 0. The van der Waals surface area contributed by atoms with Crippen LogP contribution in [0.2, 0.25) is 0 Å². The van der Waals surface area contributed by atoms with Crippen LogP contribution in [0.4, 0.5) is 5.69 Å². The summed E-state index contributed by atoms with van der Waals surface area (Å²) in [5, 5.41) is 0. The van der Waals surface area contributed by atoms with Crippen molar-refractivity contribution in [1.29, 1.82) is 0 Å². The van der Waals surface area contributed by atoms with Crippen LogP contribution < -0.4 is 4.90 Å². The molecule has 0 radical (unpaired) electrons. The van der Waals surface area contributed by atoms with E-state index in [1.807, 2.05) is 69.3 Å². The standard InChI is InChI=1S/C21H26N2O2/c1-5-23(20-11-7-9-17(3)13-20)21(25)15-22(18(4)24)14-19-10-6-8-16(2)12-19/h6-13H,5,14-15H2,1-4H3. The highest BCUT2D eigenvalue weighted by molar-refractivity contribution is 5.96. The topological polar surface area (TPSA) is 40.6 Å². The number of nitrogens with zero attached hydrogens (tertiary/aromatic N) is 2. The van der Waals surface area contributed by atoms with E-state index in [4.69, 9.17) is 0 Å². The first-order chi connectivity index (χ1) is 11.9. The Morgan fingerprint density at radius 2 is 1.60 bits per heavy atom. The van der Waals surface area contributed by atoms with Gasteiger partial charge in [-0.05, 0) is 44.0 Å². The van der Waals surface area contributed by atoms with Crippen LogP contribution in [0.3, 0.4) is 0 Å². The summed E-state index contributed by atoms with van der Waals surface area (Å²) in [6, 6.07) is 15.9. The van der Waals surface area contributed by atoms with Crippen LogP contribution in [-0.2, 0) is 16.1 Å². The molecule has 4 heteroatoms. The highest BCUT2D eigenvalue weighted by Gasteiger charge is 2.20. The summed E-state index contributed by atoms with van der Waals surface area (Å²) in [6.45, 7) is 8.55. The normalized spacial score (nSPS) is 10.4. The van der Waals surface area contributed by atoms with Crippen LogP contribution in [0.5, 0.6) is 0 Å². The minimum atomic E-state index is -0.102. The van der Waals surface area contributed by atoms with E-state index in [2.05, 4.69) is 0 Å². The number of carbonyl (C=O) groups excluding carboxylic acids is 2. The van der Waals surface area contributed by atoms with Gasteiger partial charge in [0.15, 0.2) is 0 Å². The zero-order chi connectivity index (χ0) is 18.4. The molecule has 0 aromatic heterocycles. The number of anilines is 1. The highest BCUT2D eigenvalue weighted by atomic mass is 16.2. The van der Waals surface area contributed by atoms with E-state index < -0.39 is 0 Å². The quantitative estimate of drug-likeness (QED) is 0.806. The molecule has 132 valence electrons. The average Bonchev–Trinajstić information content (AvgIpc) is 2.55. The molecule has 2 aromatic carbocycles. The summed E-state index contributed by atoms with van der Waals surface area (Å²) in [6.07, 6.45) is 0. The monoisotopic (exact) mass is 338 g/mol. The molecule has 0 N–H and O–H groups in total. The zero-order valence-electron chi connectivity index (χ0n) is 15.5. The van der Waals surface area contributed by atoms with Gasteiger partial charge in [0.1, 0.15) is 6.54 Å². The molecule has 0 aliphatic rings. The van der Waals surface area contributed by atoms with E-state index in [0.29, 0.717) is 13.1 Å². The number of rotatable bonds is 6. The van der Waals surface area contributed by atoms with Crippen molar-refractivity contribution in [3.63, 3.8) is 0 Å². The lowest BCUT2D eigenvalue weighted by Crippen LogP contribution is -2.42. The number of benzene rings is 2. The lowest BCUT2D eigenvalue weighted by atomic mass is 10.1. The first-order valence-corrected chi connectivity index (χ1v) is 8.58. The van der Waals surface area contributed by atoms with Gasteiger partial charge in [0.25, 0.3) is 0 Å². The van der Waals surface area contributed by atoms with Crippen molar-refractivity contribution in [3.05, 3.63) is 65.2 Å². The van der Waals surface area contributed by atoms with Crippen molar-refractivity contribution < 1.29 is 9.59 Å². The third kappa shape index (κ3) is 5.18. The third-order valence-electron chi connectivity index (χ3n) is 4.16. The van der Waals surface area contributed by atoms with Crippen LogP contribution in [0.1, 0.15) is 30.5 Å². The SMILES string of the molecule is CCN(C(=O)CN(Cc1cccc(C)c1)C(C)=O)c1cccc(C)c1. The molecule has 0 aliphatic heterocycles. The smallest absolute Gasteiger partial charge is 0.246 e. The van der Waals surface area contributed by atoms with Crippen molar-refractivity contribution in [2.24, 2.45) is 0 Å². The Morgan fingerprint density at radius 3 is 2.16 bits per heavy atom. The minimum Gasteiger partial charge on any atom is -0.329 e. The van der Waals surface area contributed by atoms with E-state index in [0.717, 1.165) is 22.4 Å². The van der Waals surface area contributed by atoms with E-state index in [1.54, 1.807) is 9.80 Å². The van der Waals surface area contributed by atoms with Crippen LogP contribution in [0.15, 0.2) is 48.5 Å². The minimum absolute atomic E-state index is 0.0732. The number of hydrogen-bond acceptors (Lipinski definition) is 2. The molecule has 2 aromatic rings. The molecule has 0 heterocycles. The molecule has 0 unspecified atom stereocenters. The van der Waals surface area contributed by atoms with Crippen molar-refractivity contribution >= 4 is 17.5 Å². The number of carbonyl (C=O) groups is 2. The molecule has 0 saturated heterocycles. The van der Waals surface area contributed by atoms with Gasteiger partial charge in [0.05, 0.1) is 0 Å². The highest BCUT2D eigenvalue weighted by Crippen LogP contribution is 2.17. The van der Waals surface area contributed by atoms with E-state index in [1.165, 1.54) is 6.92 Å². The van der Waals surface area contributed by atoms with Crippen LogP contribution in [-0.4, -0.2) is 29.8 Å². The largest absolute Gasteiger partial charge is 0.329 e. The molecule has 25 heavy (non-hydrogen) atoms. The molecule has 2 amide bonds. The molecule has 2 rings (SSSR count). The fourth-order valence-corrected chi connectivity index (χ4v) is 2.86. The van der Waals surface area contributed by atoms with E-state index in [9.17, 15) is 9.59 Å². The summed E-state index contributed by atoms with van der Waals surface area (Å²) >= 11 is 0. The number of hydrogen-bond donors (Lipinski definition) is 0. The summed E-state index contributed by atoms with van der Waals surface area (Å²) in [5.74, 6) is -0.175. The van der Waals surface area contributed by atoms with Crippen LogP contribution in [0, 0.1) is 13.8 Å². The molecule has 0 aliphatic carbocycles. The van der Waals surface area contributed by atoms with Gasteiger partial charge < -0.3 is 9.80 Å². The lowest BCUT2D eigenvalue weighted by molar-refractivity contribution is -0.134. The van der Waals surface area contributed by atoms with Gasteiger partial charge in [-0.15, -0.1) is 0 Å². The maximum Gasteiger partial charge on any atom is 0.246 e. The maximum absolute atomic E-state index is 12.8. The van der Waals surface area contributed by atoms with Crippen molar-refractivity contribution in [2.45, 2.75) is 34.2 Å². The van der Waals surface area contributed by atoms with Crippen molar-refractivity contribution in [1.82, 2.24) is 4.90 Å². The Bertz CT molecular complexity index is 755. The Balaban J connectivity index is 2.14. The fourth-order valence-electron chi connectivity index (χ4n) is 2.86. The number of amides is 2. The fraction of sp³-hybridized carbons (Fsp3) is 0.333. The molecular formula is C21H26N2O2. The Labute approximate surface area is 150 Å². The summed E-state index contributed by atoms with van der Waals surface area (Å²) in [5.41, 5.74) is 4.14. The molecular weight excluding hydrogens is 312 g/mol. The zero-order valence-corrected chi connectivity index (χ0v) is 15.5. The first kappa shape index (κ1) is 18.7. The van der Waals surface area contributed by atoms with Gasteiger partial charge in [0, 0.05) is 25.7 Å². The molecule has 0 bridgehead atoms. The van der Waals surface area contributed by atoms with Gasteiger partial charge in [-0.3, -0.25) is 9.59 Å². The van der Waals surface area contributed by atoms with E-state index in [-0.39, 0.29) is 18.4 Å². The van der Waals surface area contributed by atoms with Gasteiger partial charge in [0.2, 0.25) is 11.8 Å². The van der Waals surface area contributed by atoms with Gasteiger partial charge >= 0.3 is 0 Å². The predicted octanol–water partition coefficient (Wildman–Crippen LogP) is 3.71. The summed E-state index contributed by atoms with van der Waals surface area (Å²) in [7, 11) is 0. The second-order valence-corrected chi connectivity index (χ2v) is 6.34. The van der Waals surface area contributed by atoms with Gasteiger partial charge in [-0.25, -0.2) is 0 Å². The second-order valence-electron chi connectivity index (χ2n) is 6.34. The van der Waals surface area contributed by atoms with Crippen LogP contribution in [0.25, 0.3) is 0 Å². The second kappa shape index (κ2) is 8.47. The van der Waals surface area contributed by atoms with E-state index >= 15 is 0 Å². The summed E-state index contributed by atoms with van der Waals surface area (Å²) in [4.78, 5) is 28.1. The van der Waals surface area contributed by atoms with Crippen LogP contribution >= 0.6 is 0 Å². The van der Waals surface area contributed by atoms with Gasteiger partial charge in [-0.2, -0.15) is 0 Å². The van der Waals surface area contributed by atoms with Crippen molar-refractivity contribution in [2.75, 3.05) is 18.0 Å². The molecule has 0 saturated carbocycles. The Kier molecular flexibility index (Phi) is 6.34. The number of aryl methyl sites for hydroxylation is 2. The predicted molar refractivity (Wildman–Crippen MR) is 101 cm³/mol. The molecule has 0 atom stereocenters. The lowest BCUT2D eigenvalue weighted by Gasteiger charge is -2.26. The van der Waals surface area contributed by atoms with Crippen molar-refractivity contribution in [3.8, 4) is 0 Å². The molecule has 0 spiro atoms. The first-order valence-electron chi connectivity index (χ1n) is 8.58. The Hall–Kier alpha value is -2.62.